The minimum absolute atomic E-state index is 0.866. The van der Waals surface area contributed by atoms with Gasteiger partial charge in [0.2, 0.25) is 0 Å². The highest BCUT2D eigenvalue weighted by Crippen LogP contribution is 2.21. The highest BCUT2D eigenvalue weighted by atomic mass is 32.1. The van der Waals surface area contributed by atoms with Crippen molar-refractivity contribution in [3.63, 3.8) is 0 Å². The highest BCUT2D eigenvalue weighted by Gasteiger charge is 2.05. The van der Waals surface area contributed by atoms with Gasteiger partial charge in [-0.1, -0.05) is 35.9 Å². The zero-order chi connectivity index (χ0) is 13.2. The van der Waals surface area contributed by atoms with Crippen LogP contribution in [0.4, 0.5) is 0 Å². The predicted octanol–water partition coefficient (Wildman–Crippen LogP) is 4.01. The Morgan fingerprint density at radius 3 is 2.63 bits per heavy atom. The Kier molecular flexibility index (Phi) is 3.30. The lowest BCUT2D eigenvalue weighted by Gasteiger charge is -1.97. The second kappa shape index (κ2) is 5.10. The van der Waals surface area contributed by atoms with Crippen LogP contribution in [0.3, 0.4) is 0 Å². The van der Waals surface area contributed by atoms with Crippen molar-refractivity contribution in [1.29, 1.82) is 0 Å². The minimum Gasteiger partial charge on any atom is -0.338 e. The number of aromatic amines is 1. The van der Waals surface area contributed by atoms with E-state index in [-0.39, 0.29) is 0 Å². The zero-order valence-electron chi connectivity index (χ0n) is 10.9. The summed E-state index contributed by atoms with van der Waals surface area (Å²) < 4.78 is 0. The molecule has 0 atom stereocenters. The molecule has 0 saturated carbocycles. The molecule has 0 aliphatic heterocycles. The summed E-state index contributed by atoms with van der Waals surface area (Å²) in [6.45, 7) is 2.09. The summed E-state index contributed by atoms with van der Waals surface area (Å²) in [6, 6.07) is 14.8. The Balaban J connectivity index is 2.03. The summed E-state index contributed by atoms with van der Waals surface area (Å²) in [6.07, 6.45) is 0.984. The molecule has 2 nitrogen and oxygen atoms in total. The molecule has 0 aliphatic rings. The number of nitrogens with one attached hydrogen (secondary N) is 1. The van der Waals surface area contributed by atoms with Gasteiger partial charge in [-0.2, -0.15) is 12.6 Å². The smallest absolute Gasteiger partial charge is 0.138 e. The standard InChI is InChI=1S/C16H16N2S/c1-11-2-5-13(6-3-11)16-17-14-7-4-12(8-9-19)10-15(14)18-16/h2-7,10,19H,8-9H2,1H3,(H,17,18). The SMILES string of the molecule is Cc1ccc(-c2nc3ccc(CCS)cc3[nH]2)cc1. The average molecular weight is 268 g/mol. The fourth-order valence-corrected chi connectivity index (χ4v) is 2.45. The van der Waals surface area contributed by atoms with Crippen molar-refractivity contribution in [1.82, 2.24) is 9.97 Å². The molecule has 3 heteroatoms. The van der Waals surface area contributed by atoms with Crippen molar-refractivity contribution in [2.75, 3.05) is 5.75 Å². The summed E-state index contributed by atoms with van der Waals surface area (Å²) in [5.41, 5.74) is 5.78. The van der Waals surface area contributed by atoms with Crippen molar-refractivity contribution in [3.05, 3.63) is 53.6 Å². The first-order valence-corrected chi connectivity index (χ1v) is 7.06. The summed E-state index contributed by atoms with van der Waals surface area (Å²) >= 11 is 4.27. The number of rotatable bonds is 3. The number of aryl methyl sites for hydroxylation is 2. The monoisotopic (exact) mass is 268 g/mol. The van der Waals surface area contributed by atoms with Gasteiger partial charge in [-0.25, -0.2) is 4.98 Å². The molecule has 19 heavy (non-hydrogen) atoms. The van der Waals surface area contributed by atoms with Gasteiger partial charge < -0.3 is 4.98 Å². The Bertz CT molecular complexity index is 698. The zero-order valence-corrected chi connectivity index (χ0v) is 11.7. The number of H-pyrrole nitrogens is 1. The molecule has 0 spiro atoms. The maximum absolute atomic E-state index is 4.64. The van der Waals surface area contributed by atoms with Gasteiger partial charge in [0.15, 0.2) is 0 Å². The molecule has 0 saturated heterocycles. The number of fused-ring (bicyclic) bond motifs is 1. The molecule has 0 unspecified atom stereocenters. The van der Waals surface area contributed by atoms with Crippen LogP contribution in [-0.2, 0) is 6.42 Å². The van der Waals surface area contributed by atoms with Crippen LogP contribution in [0.1, 0.15) is 11.1 Å². The molecule has 0 fully saturated rings. The summed E-state index contributed by atoms with van der Waals surface area (Å²) in [7, 11) is 0. The van der Waals surface area contributed by atoms with Crippen LogP contribution >= 0.6 is 12.6 Å². The van der Waals surface area contributed by atoms with Crippen LogP contribution < -0.4 is 0 Å². The van der Waals surface area contributed by atoms with Crippen molar-refractivity contribution in [3.8, 4) is 11.4 Å². The fourth-order valence-electron chi connectivity index (χ4n) is 2.19. The van der Waals surface area contributed by atoms with Gasteiger partial charge in [-0.15, -0.1) is 0 Å². The molecule has 3 rings (SSSR count). The lowest BCUT2D eigenvalue weighted by Crippen LogP contribution is -1.85. The molecule has 0 amide bonds. The Morgan fingerprint density at radius 2 is 1.89 bits per heavy atom. The largest absolute Gasteiger partial charge is 0.338 e. The van der Waals surface area contributed by atoms with Gasteiger partial charge in [0, 0.05) is 5.56 Å². The van der Waals surface area contributed by atoms with Crippen LogP contribution in [-0.4, -0.2) is 15.7 Å². The second-order valence-electron chi connectivity index (χ2n) is 4.78. The van der Waals surface area contributed by atoms with Gasteiger partial charge in [0.05, 0.1) is 11.0 Å². The number of aromatic nitrogens is 2. The molecule has 2 aromatic carbocycles. The van der Waals surface area contributed by atoms with Gasteiger partial charge in [-0.05, 0) is 36.8 Å². The van der Waals surface area contributed by atoms with E-state index >= 15 is 0 Å². The van der Waals surface area contributed by atoms with E-state index in [2.05, 4.69) is 72.0 Å². The first-order valence-electron chi connectivity index (χ1n) is 6.43. The van der Waals surface area contributed by atoms with Crippen LogP contribution in [0.15, 0.2) is 42.5 Å². The third kappa shape index (κ3) is 2.51. The number of hydrogen-bond donors (Lipinski definition) is 2. The van der Waals surface area contributed by atoms with Crippen molar-refractivity contribution >= 4 is 23.7 Å². The average Bonchev–Trinajstić information content (AvgIpc) is 2.83. The highest BCUT2D eigenvalue weighted by molar-refractivity contribution is 7.80. The first kappa shape index (κ1) is 12.3. The maximum Gasteiger partial charge on any atom is 0.138 e. The molecule has 96 valence electrons. The topological polar surface area (TPSA) is 28.7 Å². The van der Waals surface area contributed by atoms with Crippen LogP contribution in [0.25, 0.3) is 22.4 Å². The lowest BCUT2D eigenvalue weighted by atomic mass is 10.1. The van der Waals surface area contributed by atoms with Crippen molar-refractivity contribution in [2.24, 2.45) is 0 Å². The van der Waals surface area contributed by atoms with Gasteiger partial charge >= 0.3 is 0 Å². The molecular weight excluding hydrogens is 252 g/mol. The Morgan fingerprint density at radius 1 is 1.11 bits per heavy atom. The van der Waals surface area contributed by atoms with E-state index in [0.29, 0.717) is 0 Å². The normalized spacial score (nSPS) is 11.1. The van der Waals surface area contributed by atoms with Gasteiger partial charge in [-0.3, -0.25) is 0 Å². The maximum atomic E-state index is 4.64. The Hall–Kier alpha value is -1.74. The number of imidazole rings is 1. The predicted molar refractivity (Wildman–Crippen MR) is 83.8 cm³/mol. The fraction of sp³-hybridized carbons (Fsp3) is 0.188. The van der Waals surface area contributed by atoms with Crippen LogP contribution in [0.5, 0.6) is 0 Å². The molecule has 0 radical (unpaired) electrons. The summed E-state index contributed by atoms with van der Waals surface area (Å²) in [5, 5.41) is 0. The number of thiol groups is 1. The summed E-state index contributed by atoms with van der Waals surface area (Å²) in [4.78, 5) is 8.03. The van der Waals surface area contributed by atoms with E-state index in [0.717, 1.165) is 34.6 Å². The van der Waals surface area contributed by atoms with E-state index in [1.165, 1.54) is 11.1 Å². The lowest BCUT2D eigenvalue weighted by molar-refractivity contribution is 1.17. The van der Waals surface area contributed by atoms with Gasteiger partial charge in [0.1, 0.15) is 5.82 Å². The molecule has 3 aromatic rings. The Labute approximate surface area is 118 Å². The molecule has 1 aromatic heterocycles. The minimum atomic E-state index is 0.866. The molecule has 1 N–H and O–H groups in total. The molecule has 0 aliphatic carbocycles. The van der Waals surface area contributed by atoms with E-state index in [1.54, 1.807) is 0 Å². The van der Waals surface area contributed by atoms with E-state index in [4.69, 9.17) is 0 Å². The van der Waals surface area contributed by atoms with E-state index < -0.39 is 0 Å². The van der Waals surface area contributed by atoms with Crippen molar-refractivity contribution in [2.45, 2.75) is 13.3 Å². The first-order chi connectivity index (χ1) is 9.26. The molecular formula is C16H16N2S. The van der Waals surface area contributed by atoms with Crippen molar-refractivity contribution < 1.29 is 0 Å². The molecule has 0 bridgehead atoms. The number of hydrogen-bond acceptors (Lipinski definition) is 2. The second-order valence-corrected chi connectivity index (χ2v) is 5.22. The number of nitrogens with zero attached hydrogens (tertiary/aromatic N) is 1. The van der Waals surface area contributed by atoms with E-state index in [9.17, 15) is 0 Å². The summed E-state index contributed by atoms with van der Waals surface area (Å²) in [5.74, 6) is 1.79. The van der Waals surface area contributed by atoms with Crippen LogP contribution in [0, 0.1) is 6.92 Å². The van der Waals surface area contributed by atoms with Crippen LogP contribution in [0.2, 0.25) is 0 Å². The third-order valence-electron chi connectivity index (χ3n) is 3.27. The third-order valence-corrected chi connectivity index (χ3v) is 3.50. The molecule has 1 heterocycles. The quantitative estimate of drug-likeness (QED) is 0.690. The van der Waals surface area contributed by atoms with Gasteiger partial charge in [0.25, 0.3) is 0 Å². The number of benzene rings is 2. The van der Waals surface area contributed by atoms with E-state index in [1.807, 2.05) is 0 Å².